The summed E-state index contributed by atoms with van der Waals surface area (Å²) in [6.07, 6.45) is 8.47. The van der Waals surface area contributed by atoms with Crippen molar-refractivity contribution in [3.63, 3.8) is 0 Å². The van der Waals surface area contributed by atoms with E-state index >= 15 is 0 Å². The Hall–Kier alpha value is -4.70. The molecule has 222 valence electrons. The van der Waals surface area contributed by atoms with Gasteiger partial charge in [-0.15, -0.1) is 0 Å². The second kappa shape index (κ2) is 14.3. The van der Waals surface area contributed by atoms with Crippen molar-refractivity contribution in [1.82, 2.24) is 30.6 Å². The van der Waals surface area contributed by atoms with Crippen LogP contribution in [0.4, 0.5) is 11.5 Å². The lowest BCUT2D eigenvalue weighted by Crippen LogP contribution is -2.34. The number of carbonyl (C=O) groups excluding carboxylic acids is 1. The Balaban J connectivity index is 1.71. The standard InChI is InChI=1S/C26H30N8O7S/c1-3-40-20(35)6-5-15-9-16(22-28-7-4-8-29-22)11-18(10-15)41-24-21(34(38)39)23(32-26(33-24)42-2)31-19(25(36)37)12-17-13-27-14-30-17/h4,7,9-11,13-14,19,22,28-29H,3,5-6,8,12H2,1-2H3,(H,27,30)(H,36,37)(H,31,32,33). The molecule has 1 aliphatic rings. The van der Waals surface area contributed by atoms with Crippen LogP contribution in [-0.2, 0) is 27.2 Å². The van der Waals surface area contributed by atoms with E-state index in [-0.39, 0.29) is 54.2 Å². The number of aromatic nitrogens is 4. The Labute approximate surface area is 244 Å². The number of hydrogen-bond donors (Lipinski definition) is 5. The first-order chi connectivity index (χ1) is 20.3. The SMILES string of the molecule is CCOC(=O)CCc1cc(Oc2nc(SC)nc(NC(Cc3c[nH]cn3)C(=O)O)c2[N+](=O)[O-])cc(C2NC=CCN2)c1. The summed E-state index contributed by atoms with van der Waals surface area (Å²) in [6, 6.07) is 3.99. The molecule has 0 spiro atoms. The van der Waals surface area contributed by atoms with Gasteiger partial charge in [-0.1, -0.05) is 23.9 Å². The molecule has 2 atom stereocenters. The third-order valence-electron chi connectivity index (χ3n) is 6.05. The number of esters is 1. The van der Waals surface area contributed by atoms with Crippen molar-refractivity contribution in [2.75, 3.05) is 24.7 Å². The minimum Gasteiger partial charge on any atom is -0.480 e. The molecule has 15 nitrogen and oxygen atoms in total. The first-order valence-corrected chi connectivity index (χ1v) is 14.2. The van der Waals surface area contributed by atoms with Gasteiger partial charge in [0.2, 0.25) is 5.82 Å². The lowest BCUT2D eigenvalue weighted by Gasteiger charge is -2.23. The first kappa shape index (κ1) is 30.3. The van der Waals surface area contributed by atoms with Crippen LogP contribution >= 0.6 is 11.8 Å². The zero-order valence-electron chi connectivity index (χ0n) is 22.8. The van der Waals surface area contributed by atoms with E-state index in [0.717, 1.165) is 22.9 Å². The Bertz CT molecular complexity index is 1450. The van der Waals surface area contributed by atoms with Crippen molar-refractivity contribution in [1.29, 1.82) is 0 Å². The van der Waals surface area contributed by atoms with Gasteiger partial charge in [-0.3, -0.25) is 20.2 Å². The molecule has 2 unspecified atom stereocenters. The number of aromatic amines is 1. The van der Waals surface area contributed by atoms with Crippen LogP contribution in [0.1, 0.15) is 36.3 Å². The smallest absolute Gasteiger partial charge is 0.373 e. The van der Waals surface area contributed by atoms with Gasteiger partial charge in [0.15, 0.2) is 5.16 Å². The van der Waals surface area contributed by atoms with Crippen LogP contribution in [-0.4, -0.2) is 67.4 Å². The fourth-order valence-electron chi connectivity index (χ4n) is 4.15. The minimum absolute atomic E-state index is 0.0630. The van der Waals surface area contributed by atoms with Gasteiger partial charge in [-0.25, -0.2) is 9.78 Å². The molecule has 3 aromatic rings. The third kappa shape index (κ3) is 7.94. The first-order valence-electron chi connectivity index (χ1n) is 13.0. The molecule has 16 heteroatoms. The number of benzene rings is 1. The van der Waals surface area contributed by atoms with Gasteiger partial charge < -0.3 is 30.2 Å². The normalized spacial score (nSPS) is 15.0. The van der Waals surface area contributed by atoms with Gasteiger partial charge in [-0.2, -0.15) is 9.97 Å². The molecule has 0 fully saturated rings. The fraction of sp³-hybridized carbons (Fsp3) is 0.346. The zero-order chi connectivity index (χ0) is 30.1. The second-order valence-electron chi connectivity index (χ2n) is 9.00. The number of ether oxygens (including phenoxy) is 2. The molecule has 0 amide bonds. The van der Waals surface area contributed by atoms with Crippen molar-refractivity contribution in [2.45, 2.75) is 43.6 Å². The Morgan fingerprint density at radius 1 is 1.31 bits per heavy atom. The molecule has 3 heterocycles. The summed E-state index contributed by atoms with van der Waals surface area (Å²) in [5.41, 5.74) is 1.32. The molecule has 0 aliphatic carbocycles. The van der Waals surface area contributed by atoms with Crippen LogP contribution in [0.5, 0.6) is 11.6 Å². The maximum atomic E-state index is 12.3. The molecule has 2 aromatic heterocycles. The summed E-state index contributed by atoms with van der Waals surface area (Å²) in [5, 5.41) is 31.4. The molecule has 1 aliphatic heterocycles. The molecule has 1 aromatic carbocycles. The summed E-state index contributed by atoms with van der Waals surface area (Å²) in [5.74, 6) is -2.05. The Kier molecular flexibility index (Phi) is 10.3. The van der Waals surface area contributed by atoms with Gasteiger partial charge in [0, 0.05) is 25.6 Å². The number of aryl methyl sites for hydroxylation is 1. The zero-order valence-corrected chi connectivity index (χ0v) is 23.6. The highest BCUT2D eigenvalue weighted by Crippen LogP contribution is 2.38. The summed E-state index contributed by atoms with van der Waals surface area (Å²) < 4.78 is 11.1. The summed E-state index contributed by atoms with van der Waals surface area (Å²) in [7, 11) is 0. The van der Waals surface area contributed by atoms with Crippen LogP contribution in [0.2, 0.25) is 0 Å². The van der Waals surface area contributed by atoms with E-state index in [1.165, 1.54) is 12.5 Å². The van der Waals surface area contributed by atoms with Crippen LogP contribution in [0, 0.1) is 10.1 Å². The predicted molar refractivity (Wildman–Crippen MR) is 152 cm³/mol. The lowest BCUT2D eigenvalue weighted by molar-refractivity contribution is -0.385. The number of carboxylic acids is 1. The molecular weight excluding hydrogens is 568 g/mol. The fourth-order valence-corrected chi connectivity index (χ4v) is 4.51. The molecule has 0 saturated carbocycles. The molecule has 0 saturated heterocycles. The number of nitro groups is 1. The van der Waals surface area contributed by atoms with Gasteiger partial charge in [0.25, 0.3) is 0 Å². The van der Waals surface area contributed by atoms with Crippen molar-refractivity contribution in [2.24, 2.45) is 0 Å². The molecule has 0 radical (unpaired) electrons. The average Bonchev–Trinajstić information content (AvgIpc) is 3.49. The van der Waals surface area contributed by atoms with Crippen LogP contribution < -0.4 is 20.7 Å². The monoisotopic (exact) mass is 598 g/mol. The number of rotatable bonds is 14. The largest absolute Gasteiger partial charge is 0.480 e. The van der Waals surface area contributed by atoms with Gasteiger partial charge in [0.1, 0.15) is 18.0 Å². The molecule has 42 heavy (non-hydrogen) atoms. The van der Waals surface area contributed by atoms with E-state index in [2.05, 4.69) is 35.9 Å². The van der Waals surface area contributed by atoms with Crippen molar-refractivity contribution in [3.8, 4) is 11.6 Å². The lowest BCUT2D eigenvalue weighted by atomic mass is 10.0. The Morgan fingerprint density at radius 2 is 2.14 bits per heavy atom. The molecular formula is C26H30N8O7S. The minimum atomic E-state index is -1.28. The van der Waals surface area contributed by atoms with E-state index in [1.54, 1.807) is 25.3 Å². The van der Waals surface area contributed by atoms with E-state index in [0.29, 0.717) is 18.7 Å². The van der Waals surface area contributed by atoms with Crippen LogP contribution in [0.15, 0.2) is 48.2 Å². The van der Waals surface area contributed by atoms with Crippen molar-refractivity contribution >= 4 is 35.2 Å². The highest BCUT2D eigenvalue weighted by atomic mass is 32.2. The average molecular weight is 599 g/mol. The van der Waals surface area contributed by atoms with E-state index in [1.807, 2.05) is 18.3 Å². The number of carboxylic acid groups (broad SMARTS) is 1. The highest BCUT2D eigenvalue weighted by Gasteiger charge is 2.31. The second-order valence-corrected chi connectivity index (χ2v) is 9.77. The Morgan fingerprint density at radius 3 is 2.79 bits per heavy atom. The topological polar surface area (TPSA) is 207 Å². The quantitative estimate of drug-likeness (QED) is 0.0595. The summed E-state index contributed by atoms with van der Waals surface area (Å²) in [4.78, 5) is 50.8. The summed E-state index contributed by atoms with van der Waals surface area (Å²) >= 11 is 1.11. The number of H-pyrrole nitrogens is 1. The number of nitrogens with zero attached hydrogens (tertiary/aromatic N) is 4. The van der Waals surface area contributed by atoms with E-state index in [4.69, 9.17) is 9.47 Å². The number of aliphatic carboxylic acids is 1. The number of carbonyl (C=O) groups is 2. The van der Waals surface area contributed by atoms with Crippen LogP contribution in [0.3, 0.4) is 0 Å². The van der Waals surface area contributed by atoms with Gasteiger partial charge in [-0.05, 0) is 49.1 Å². The number of imidazole rings is 1. The maximum Gasteiger partial charge on any atom is 0.373 e. The van der Waals surface area contributed by atoms with Crippen molar-refractivity contribution in [3.05, 3.63) is 69.9 Å². The summed E-state index contributed by atoms with van der Waals surface area (Å²) in [6.45, 7) is 2.62. The van der Waals surface area contributed by atoms with E-state index in [9.17, 15) is 24.8 Å². The van der Waals surface area contributed by atoms with Crippen molar-refractivity contribution < 1.29 is 29.1 Å². The van der Waals surface area contributed by atoms with Gasteiger partial charge >= 0.3 is 23.5 Å². The van der Waals surface area contributed by atoms with Crippen LogP contribution in [0.25, 0.3) is 0 Å². The number of hydrogen-bond acceptors (Lipinski definition) is 13. The number of thioether (sulfide) groups is 1. The van der Waals surface area contributed by atoms with Gasteiger partial charge in [0.05, 0.1) is 23.6 Å². The maximum absolute atomic E-state index is 12.3. The number of anilines is 1. The molecule has 0 bridgehead atoms. The molecule has 5 N–H and O–H groups in total. The van der Waals surface area contributed by atoms with E-state index < -0.39 is 22.6 Å². The number of nitrogens with one attached hydrogen (secondary N) is 4. The molecule has 4 rings (SSSR count). The third-order valence-corrected chi connectivity index (χ3v) is 6.60. The highest BCUT2D eigenvalue weighted by molar-refractivity contribution is 7.98. The predicted octanol–water partition coefficient (Wildman–Crippen LogP) is 2.93.